The minimum Gasteiger partial charge on any atom is -0.466 e. The molecule has 0 aromatic rings. The standard InChI is InChI=1S/C16H29NO4/c1-2-21-15(18)14-3-7-16(19,8-4-14)12-17-9-5-13-6-10-20-11-13/h13-14,17,19H,2-12H2,1H3. The van der Waals surface area contributed by atoms with Gasteiger partial charge in [-0.2, -0.15) is 0 Å². The smallest absolute Gasteiger partial charge is 0.308 e. The summed E-state index contributed by atoms with van der Waals surface area (Å²) in [6.07, 6.45) is 5.09. The summed E-state index contributed by atoms with van der Waals surface area (Å²) in [5.41, 5.74) is -0.658. The molecule has 122 valence electrons. The molecule has 1 unspecified atom stereocenters. The maximum absolute atomic E-state index is 11.7. The van der Waals surface area contributed by atoms with Gasteiger partial charge in [-0.15, -0.1) is 0 Å². The fourth-order valence-corrected chi connectivity index (χ4v) is 3.27. The molecule has 0 amide bonds. The molecule has 2 fully saturated rings. The average Bonchev–Trinajstić information content (AvgIpc) is 2.98. The number of ether oxygens (including phenoxy) is 2. The molecule has 1 aliphatic carbocycles. The molecule has 2 rings (SSSR count). The largest absolute Gasteiger partial charge is 0.466 e. The minimum absolute atomic E-state index is 0.0270. The average molecular weight is 299 g/mol. The number of rotatable bonds is 7. The van der Waals surface area contributed by atoms with Crippen LogP contribution in [0.4, 0.5) is 0 Å². The van der Waals surface area contributed by atoms with Crippen LogP contribution in [0.5, 0.6) is 0 Å². The highest BCUT2D eigenvalue weighted by Crippen LogP contribution is 2.32. The van der Waals surface area contributed by atoms with Gasteiger partial charge in [0.25, 0.3) is 0 Å². The second-order valence-electron chi connectivity index (χ2n) is 6.45. The van der Waals surface area contributed by atoms with Crippen molar-refractivity contribution in [3.05, 3.63) is 0 Å². The number of carbonyl (C=O) groups excluding carboxylic acids is 1. The van der Waals surface area contributed by atoms with Crippen molar-refractivity contribution in [2.75, 3.05) is 32.9 Å². The SMILES string of the molecule is CCOC(=O)C1CCC(O)(CNCCC2CCOC2)CC1. The summed E-state index contributed by atoms with van der Waals surface area (Å²) in [7, 11) is 0. The van der Waals surface area contributed by atoms with Crippen molar-refractivity contribution in [2.45, 2.75) is 51.0 Å². The highest BCUT2D eigenvalue weighted by atomic mass is 16.5. The molecule has 1 saturated carbocycles. The zero-order chi connectivity index (χ0) is 15.1. The van der Waals surface area contributed by atoms with Crippen molar-refractivity contribution < 1.29 is 19.4 Å². The zero-order valence-electron chi connectivity index (χ0n) is 13.1. The van der Waals surface area contributed by atoms with Crippen LogP contribution in [-0.4, -0.2) is 49.6 Å². The molecule has 1 saturated heterocycles. The lowest BCUT2D eigenvalue weighted by molar-refractivity contribution is -0.151. The van der Waals surface area contributed by atoms with Crippen molar-refractivity contribution >= 4 is 5.97 Å². The molecule has 0 bridgehead atoms. The molecule has 1 atom stereocenters. The van der Waals surface area contributed by atoms with Crippen LogP contribution in [0.1, 0.15) is 45.4 Å². The summed E-state index contributed by atoms with van der Waals surface area (Å²) in [5.74, 6) is 0.543. The highest BCUT2D eigenvalue weighted by molar-refractivity contribution is 5.72. The van der Waals surface area contributed by atoms with Crippen LogP contribution in [0.25, 0.3) is 0 Å². The molecule has 0 aromatic carbocycles. The summed E-state index contributed by atoms with van der Waals surface area (Å²) in [6.45, 7) is 5.59. The summed E-state index contributed by atoms with van der Waals surface area (Å²) in [5, 5.41) is 13.9. The second kappa shape index (κ2) is 8.11. The third-order valence-electron chi connectivity index (χ3n) is 4.74. The molecule has 1 heterocycles. The van der Waals surface area contributed by atoms with Crippen LogP contribution in [0.3, 0.4) is 0 Å². The van der Waals surface area contributed by atoms with Gasteiger partial charge >= 0.3 is 5.97 Å². The lowest BCUT2D eigenvalue weighted by atomic mass is 9.78. The first-order valence-corrected chi connectivity index (χ1v) is 8.30. The van der Waals surface area contributed by atoms with Crippen molar-refractivity contribution in [1.82, 2.24) is 5.32 Å². The normalized spacial score (nSPS) is 33.0. The van der Waals surface area contributed by atoms with Crippen LogP contribution in [0.2, 0.25) is 0 Å². The highest BCUT2D eigenvalue weighted by Gasteiger charge is 2.36. The fraction of sp³-hybridized carbons (Fsp3) is 0.938. The number of hydrogen-bond acceptors (Lipinski definition) is 5. The van der Waals surface area contributed by atoms with Crippen molar-refractivity contribution in [2.24, 2.45) is 11.8 Å². The minimum atomic E-state index is -0.658. The van der Waals surface area contributed by atoms with Gasteiger partial charge in [0.15, 0.2) is 0 Å². The van der Waals surface area contributed by atoms with Gasteiger partial charge < -0.3 is 19.9 Å². The van der Waals surface area contributed by atoms with Gasteiger partial charge in [-0.1, -0.05) is 0 Å². The maximum Gasteiger partial charge on any atom is 0.308 e. The summed E-state index contributed by atoms with van der Waals surface area (Å²) in [4.78, 5) is 11.7. The van der Waals surface area contributed by atoms with Crippen LogP contribution in [-0.2, 0) is 14.3 Å². The lowest BCUT2D eigenvalue weighted by Crippen LogP contribution is -2.45. The van der Waals surface area contributed by atoms with E-state index in [9.17, 15) is 9.90 Å². The Morgan fingerprint density at radius 2 is 2.14 bits per heavy atom. The number of nitrogens with one attached hydrogen (secondary N) is 1. The van der Waals surface area contributed by atoms with E-state index in [0.29, 0.717) is 31.9 Å². The molecule has 21 heavy (non-hydrogen) atoms. The third-order valence-corrected chi connectivity index (χ3v) is 4.74. The fourth-order valence-electron chi connectivity index (χ4n) is 3.27. The van der Waals surface area contributed by atoms with Gasteiger partial charge in [0.2, 0.25) is 0 Å². The van der Waals surface area contributed by atoms with Gasteiger partial charge in [0.1, 0.15) is 0 Å². The Balaban J connectivity index is 1.61. The van der Waals surface area contributed by atoms with Crippen LogP contribution >= 0.6 is 0 Å². The van der Waals surface area contributed by atoms with Crippen molar-refractivity contribution in [1.29, 1.82) is 0 Å². The van der Waals surface area contributed by atoms with Gasteiger partial charge in [-0.3, -0.25) is 4.79 Å². The van der Waals surface area contributed by atoms with Gasteiger partial charge in [0.05, 0.1) is 18.1 Å². The van der Waals surface area contributed by atoms with Crippen LogP contribution in [0.15, 0.2) is 0 Å². The summed E-state index contributed by atoms with van der Waals surface area (Å²) in [6, 6.07) is 0. The topological polar surface area (TPSA) is 67.8 Å². The van der Waals surface area contributed by atoms with E-state index in [1.165, 1.54) is 0 Å². The molecule has 0 radical (unpaired) electrons. The van der Waals surface area contributed by atoms with Crippen LogP contribution in [0, 0.1) is 11.8 Å². The number of carbonyl (C=O) groups is 1. The zero-order valence-corrected chi connectivity index (χ0v) is 13.1. The van der Waals surface area contributed by atoms with E-state index in [0.717, 1.165) is 45.4 Å². The monoisotopic (exact) mass is 299 g/mol. The molecule has 0 spiro atoms. The van der Waals surface area contributed by atoms with E-state index in [4.69, 9.17) is 9.47 Å². The number of esters is 1. The Labute approximate surface area is 127 Å². The van der Waals surface area contributed by atoms with E-state index in [1.54, 1.807) is 0 Å². The first kappa shape index (κ1) is 16.7. The maximum atomic E-state index is 11.7. The van der Waals surface area contributed by atoms with E-state index in [-0.39, 0.29) is 11.9 Å². The Hall–Kier alpha value is -0.650. The number of aliphatic hydroxyl groups is 1. The van der Waals surface area contributed by atoms with E-state index in [1.807, 2.05) is 6.92 Å². The van der Waals surface area contributed by atoms with Crippen molar-refractivity contribution in [3.63, 3.8) is 0 Å². The molecular weight excluding hydrogens is 270 g/mol. The quantitative estimate of drug-likeness (QED) is 0.550. The van der Waals surface area contributed by atoms with E-state index >= 15 is 0 Å². The Morgan fingerprint density at radius 1 is 1.38 bits per heavy atom. The van der Waals surface area contributed by atoms with E-state index < -0.39 is 5.60 Å². The molecule has 1 aliphatic heterocycles. The number of hydrogen-bond donors (Lipinski definition) is 2. The van der Waals surface area contributed by atoms with Crippen molar-refractivity contribution in [3.8, 4) is 0 Å². The van der Waals surface area contributed by atoms with Crippen LogP contribution < -0.4 is 5.32 Å². The molecule has 5 heteroatoms. The predicted octanol–water partition coefficient (Wildman–Crippen LogP) is 1.49. The van der Waals surface area contributed by atoms with E-state index in [2.05, 4.69) is 5.32 Å². The van der Waals surface area contributed by atoms with Gasteiger partial charge in [-0.05, 0) is 57.9 Å². The molecule has 2 aliphatic rings. The lowest BCUT2D eigenvalue weighted by Gasteiger charge is -2.35. The van der Waals surface area contributed by atoms with Gasteiger partial charge in [-0.25, -0.2) is 0 Å². The molecular formula is C16H29NO4. The predicted molar refractivity (Wildman–Crippen MR) is 80.0 cm³/mol. The second-order valence-corrected chi connectivity index (χ2v) is 6.45. The Morgan fingerprint density at radius 3 is 2.76 bits per heavy atom. The van der Waals surface area contributed by atoms with Gasteiger partial charge in [0, 0.05) is 19.8 Å². The summed E-state index contributed by atoms with van der Waals surface area (Å²) < 4.78 is 10.4. The Kier molecular flexibility index (Phi) is 6.45. The Bertz CT molecular complexity index is 320. The molecule has 0 aromatic heterocycles. The summed E-state index contributed by atoms with van der Waals surface area (Å²) >= 11 is 0. The first-order chi connectivity index (χ1) is 10.1. The molecule has 5 nitrogen and oxygen atoms in total. The first-order valence-electron chi connectivity index (χ1n) is 8.30. The molecule has 2 N–H and O–H groups in total. The third kappa shape index (κ3) is 5.24.